The number of hydrogen-bond acceptors (Lipinski definition) is 7. The van der Waals surface area contributed by atoms with E-state index in [2.05, 4.69) is 9.98 Å². The molecule has 1 aliphatic carbocycles. The Labute approximate surface area is 205 Å². The third-order valence-corrected chi connectivity index (χ3v) is 7.48. The minimum absolute atomic E-state index is 0.0532. The van der Waals surface area contributed by atoms with E-state index in [0.29, 0.717) is 43.0 Å². The number of rotatable bonds is 4. The highest BCUT2D eigenvalue weighted by Crippen LogP contribution is 2.61. The molecule has 2 atom stereocenters. The van der Waals surface area contributed by atoms with Crippen molar-refractivity contribution < 1.29 is 18.3 Å². The van der Waals surface area contributed by atoms with E-state index in [1.54, 1.807) is 17.9 Å². The second-order valence-electron chi connectivity index (χ2n) is 8.60. The molecule has 0 bridgehead atoms. The fourth-order valence-electron chi connectivity index (χ4n) is 4.48. The topological polar surface area (TPSA) is 105 Å². The summed E-state index contributed by atoms with van der Waals surface area (Å²) in [6, 6.07) is 9.00. The minimum atomic E-state index is -1.21. The summed E-state index contributed by atoms with van der Waals surface area (Å²) in [5, 5.41) is 9.07. The van der Waals surface area contributed by atoms with Gasteiger partial charge in [-0.05, 0) is 48.4 Å². The average Bonchev–Trinajstić information content (AvgIpc) is 3.62. The Morgan fingerprint density at radius 1 is 1.31 bits per heavy atom. The Bertz CT molecular complexity index is 1340. The number of nitrogens with zero attached hydrogens (tertiary/aromatic N) is 4. The number of amides is 1. The highest BCUT2D eigenvalue weighted by atomic mass is 32.2. The first-order valence-corrected chi connectivity index (χ1v) is 11.8. The van der Waals surface area contributed by atoms with E-state index < -0.39 is 21.9 Å². The van der Waals surface area contributed by atoms with Crippen molar-refractivity contribution in [3.8, 4) is 6.07 Å². The number of morpholine rings is 1. The summed E-state index contributed by atoms with van der Waals surface area (Å²) in [4.78, 5) is 23.6. The van der Waals surface area contributed by atoms with Gasteiger partial charge in [-0.15, -0.1) is 0 Å². The standard InChI is InChI=1S/C25H21F2N5O2S/c1-24(21-12-25(21,35-23(29)31-24)22(33)32-6-8-34-9-7-32)17-10-15(2-4-18(17)26)11-19(27)20-5-3-16(13-28)14-30-20/h2-5,10-12,14H,6-9H2,1H3,(H2,29,31)/b19-11-/t24-,25+/m1/s1. The first-order chi connectivity index (χ1) is 16.8. The van der Waals surface area contributed by atoms with Crippen LogP contribution in [0.2, 0.25) is 0 Å². The predicted octanol–water partition coefficient (Wildman–Crippen LogP) is 3.37. The lowest BCUT2D eigenvalue weighted by molar-refractivity contribution is -0.135. The van der Waals surface area contributed by atoms with Gasteiger partial charge in [0.15, 0.2) is 5.17 Å². The van der Waals surface area contributed by atoms with Crippen LogP contribution >= 0.6 is 11.8 Å². The molecule has 0 saturated carbocycles. The number of benzene rings is 1. The number of hydrogen-bond donors (Lipinski definition) is 1. The SMILES string of the molecule is C[C@]1(c2cc(/C=C(\F)c3ccc(C#N)cn3)ccc2F)N=C(N)S[C@@]2(C(=O)N3CCOCC3)C=C21. The number of carbonyl (C=O) groups is 1. The zero-order valence-corrected chi connectivity index (χ0v) is 19.6. The monoisotopic (exact) mass is 493 g/mol. The van der Waals surface area contributed by atoms with Crippen molar-refractivity contribution in [3.63, 3.8) is 0 Å². The Kier molecular flexibility index (Phi) is 5.69. The van der Waals surface area contributed by atoms with Crippen molar-refractivity contribution in [3.05, 3.63) is 76.4 Å². The van der Waals surface area contributed by atoms with Gasteiger partial charge in [-0.2, -0.15) is 5.26 Å². The van der Waals surface area contributed by atoms with Gasteiger partial charge in [0.1, 0.15) is 28.0 Å². The van der Waals surface area contributed by atoms with Gasteiger partial charge < -0.3 is 15.4 Å². The molecule has 1 aromatic carbocycles. The molecule has 2 aromatic rings. The van der Waals surface area contributed by atoms with E-state index in [9.17, 15) is 9.18 Å². The number of fused-ring (bicyclic) bond motifs is 1. The number of carbonyl (C=O) groups excluding carboxylic acids is 1. The Morgan fingerprint density at radius 2 is 2.09 bits per heavy atom. The maximum absolute atomic E-state index is 15.1. The fraction of sp³-hybridized carbons (Fsp3) is 0.280. The molecule has 1 saturated heterocycles. The van der Waals surface area contributed by atoms with E-state index in [1.807, 2.05) is 6.07 Å². The van der Waals surface area contributed by atoms with Gasteiger partial charge in [0, 0.05) is 24.8 Å². The van der Waals surface area contributed by atoms with Crippen LogP contribution in [0.3, 0.4) is 0 Å². The molecule has 0 radical (unpaired) electrons. The lowest BCUT2D eigenvalue weighted by Crippen LogP contribution is -2.50. The summed E-state index contributed by atoms with van der Waals surface area (Å²) in [5.74, 6) is -1.29. The van der Waals surface area contributed by atoms with E-state index in [0.717, 1.165) is 11.8 Å². The quantitative estimate of drug-likeness (QED) is 0.655. The van der Waals surface area contributed by atoms with Gasteiger partial charge in [0.2, 0.25) is 5.91 Å². The highest BCUT2D eigenvalue weighted by molar-refractivity contribution is 8.16. The largest absolute Gasteiger partial charge is 0.378 e. The van der Waals surface area contributed by atoms with Gasteiger partial charge in [-0.1, -0.05) is 23.9 Å². The molecule has 1 fully saturated rings. The first-order valence-electron chi connectivity index (χ1n) is 11.0. The van der Waals surface area contributed by atoms with Crippen LogP contribution in [-0.4, -0.2) is 52.0 Å². The molecular formula is C25H21F2N5O2S. The number of aliphatic imine (C=N–C) groups is 1. The van der Waals surface area contributed by atoms with Crippen molar-refractivity contribution in [1.82, 2.24) is 9.88 Å². The molecule has 178 valence electrons. The van der Waals surface area contributed by atoms with Crippen LogP contribution in [-0.2, 0) is 15.1 Å². The summed E-state index contributed by atoms with van der Waals surface area (Å²) >= 11 is 1.16. The number of aromatic nitrogens is 1. The second kappa shape index (κ2) is 8.59. The van der Waals surface area contributed by atoms with Crippen LogP contribution in [0.25, 0.3) is 11.9 Å². The van der Waals surface area contributed by atoms with Gasteiger partial charge in [0.25, 0.3) is 0 Å². The molecule has 2 aliphatic heterocycles. The van der Waals surface area contributed by atoms with Crippen LogP contribution in [0, 0.1) is 17.1 Å². The molecule has 0 unspecified atom stereocenters. The third-order valence-electron chi connectivity index (χ3n) is 6.35. The normalized spacial score (nSPS) is 25.8. The average molecular weight is 494 g/mol. The van der Waals surface area contributed by atoms with E-state index in [-0.39, 0.29) is 22.3 Å². The molecule has 2 N–H and O–H groups in total. The zero-order chi connectivity index (χ0) is 24.8. The number of pyridine rings is 1. The van der Waals surface area contributed by atoms with Gasteiger partial charge in [-0.3, -0.25) is 9.78 Å². The van der Waals surface area contributed by atoms with Crippen molar-refractivity contribution in [2.45, 2.75) is 17.2 Å². The molecule has 3 aliphatic rings. The Balaban J connectivity index is 1.48. The summed E-state index contributed by atoms with van der Waals surface area (Å²) in [7, 11) is 0. The smallest absolute Gasteiger partial charge is 0.247 e. The van der Waals surface area contributed by atoms with E-state index >= 15 is 4.39 Å². The molecule has 3 heterocycles. The number of thioether (sulfide) groups is 1. The first kappa shape index (κ1) is 23.2. The van der Waals surface area contributed by atoms with Crippen LogP contribution in [0.1, 0.15) is 29.3 Å². The number of halogens is 2. The lowest BCUT2D eigenvalue weighted by Gasteiger charge is -2.37. The van der Waals surface area contributed by atoms with Crippen LogP contribution in [0.4, 0.5) is 8.78 Å². The third kappa shape index (κ3) is 4.00. The Morgan fingerprint density at radius 3 is 2.77 bits per heavy atom. The number of nitrogens with two attached hydrogens (primary N) is 1. The molecule has 1 amide bonds. The highest BCUT2D eigenvalue weighted by Gasteiger charge is 2.63. The van der Waals surface area contributed by atoms with Gasteiger partial charge >= 0.3 is 0 Å². The molecule has 10 heteroatoms. The Hall–Kier alpha value is -3.55. The van der Waals surface area contributed by atoms with Gasteiger partial charge in [0.05, 0.1) is 24.5 Å². The molecular weight excluding hydrogens is 472 g/mol. The van der Waals surface area contributed by atoms with Crippen molar-refractivity contribution >= 4 is 34.7 Å². The number of amidine groups is 1. The minimum Gasteiger partial charge on any atom is -0.378 e. The molecule has 7 nitrogen and oxygen atoms in total. The van der Waals surface area contributed by atoms with Crippen LogP contribution in [0.15, 0.2) is 53.2 Å². The number of nitriles is 1. The summed E-state index contributed by atoms with van der Waals surface area (Å²) in [6.45, 7) is 3.60. The lowest BCUT2D eigenvalue weighted by atomic mass is 9.85. The van der Waals surface area contributed by atoms with Crippen molar-refractivity contribution in [1.29, 1.82) is 5.26 Å². The second-order valence-corrected chi connectivity index (χ2v) is 9.86. The fourth-order valence-corrected chi connectivity index (χ4v) is 5.74. The predicted molar refractivity (Wildman–Crippen MR) is 129 cm³/mol. The van der Waals surface area contributed by atoms with E-state index in [1.165, 1.54) is 42.6 Å². The maximum atomic E-state index is 15.1. The summed E-state index contributed by atoms with van der Waals surface area (Å²) < 4.78 is 34.3. The van der Waals surface area contributed by atoms with Gasteiger partial charge in [-0.25, -0.2) is 13.8 Å². The number of ether oxygens (including phenoxy) is 1. The van der Waals surface area contributed by atoms with E-state index in [4.69, 9.17) is 15.7 Å². The van der Waals surface area contributed by atoms with Crippen molar-refractivity contribution in [2.24, 2.45) is 10.7 Å². The maximum Gasteiger partial charge on any atom is 0.247 e. The van der Waals surface area contributed by atoms with Crippen LogP contribution in [0.5, 0.6) is 0 Å². The van der Waals surface area contributed by atoms with Crippen LogP contribution < -0.4 is 5.73 Å². The summed E-state index contributed by atoms with van der Waals surface area (Å²) in [6.07, 6.45) is 4.31. The molecule has 35 heavy (non-hydrogen) atoms. The molecule has 0 spiro atoms. The van der Waals surface area contributed by atoms with Crippen molar-refractivity contribution in [2.75, 3.05) is 26.3 Å². The summed E-state index contributed by atoms with van der Waals surface area (Å²) in [5.41, 5.74) is 6.55. The zero-order valence-electron chi connectivity index (χ0n) is 18.8. The molecule has 5 rings (SSSR count). The molecule has 1 aromatic heterocycles.